The van der Waals surface area contributed by atoms with Crippen LogP contribution in [0.3, 0.4) is 0 Å². The molecule has 0 bridgehead atoms. The van der Waals surface area contributed by atoms with Crippen LogP contribution in [0.2, 0.25) is 0 Å². The van der Waals surface area contributed by atoms with E-state index in [9.17, 15) is 32.7 Å². The summed E-state index contributed by atoms with van der Waals surface area (Å²) in [6, 6.07) is 8.54. The molecule has 0 heterocycles. The number of esters is 2. The summed E-state index contributed by atoms with van der Waals surface area (Å²) in [5.41, 5.74) is 0.241. The molecule has 0 aliphatic carbocycles. The molecule has 2 aromatic carbocycles. The molecule has 0 saturated heterocycles. The van der Waals surface area contributed by atoms with Crippen LogP contribution in [-0.2, 0) is 35.3 Å². The Bertz CT molecular complexity index is 1350. The van der Waals surface area contributed by atoms with Crippen molar-refractivity contribution >= 4 is 33.3 Å². The molecule has 0 saturated carbocycles. The van der Waals surface area contributed by atoms with Crippen LogP contribution >= 0.6 is 0 Å². The largest absolute Gasteiger partial charge is 0.507 e. The number of sulfone groups is 1. The first kappa shape index (κ1) is 33.5. The smallest absolute Gasteiger partial charge is 0.314 e. The van der Waals surface area contributed by atoms with Gasteiger partial charge in [0.1, 0.15) is 11.5 Å². The molecule has 0 atom stereocenters. The van der Waals surface area contributed by atoms with Gasteiger partial charge in [0.2, 0.25) is 6.79 Å². The predicted octanol–water partition coefficient (Wildman–Crippen LogP) is 4.84. The van der Waals surface area contributed by atoms with Gasteiger partial charge in [-0.3, -0.25) is 19.2 Å². The third-order valence-corrected chi connectivity index (χ3v) is 7.86. The van der Waals surface area contributed by atoms with Crippen molar-refractivity contribution in [1.82, 2.24) is 0 Å². The third-order valence-electron chi connectivity index (χ3n) is 6.05. The van der Waals surface area contributed by atoms with E-state index in [2.05, 4.69) is 0 Å². The highest BCUT2D eigenvalue weighted by Gasteiger charge is 2.23. The maximum absolute atomic E-state index is 12.8. The van der Waals surface area contributed by atoms with Gasteiger partial charge in [0.05, 0.1) is 34.7 Å². The van der Waals surface area contributed by atoms with Crippen LogP contribution in [0, 0.1) is 5.41 Å². The van der Waals surface area contributed by atoms with Crippen LogP contribution in [0.5, 0.6) is 11.5 Å². The summed E-state index contributed by atoms with van der Waals surface area (Å²) in [6.07, 6.45) is 1.02. The molecule has 1 N–H and O–H groups in total. The SMILES string of the molecule is CCCc1c(OCCCS(=O)(=O)c2ccc(C(=O)CCC(=O)OCOC(=O)C(C)(C)C)cc2)ccc(C(C)=O)c1O. The zero-order chi connectivity index (χ0) is 30.8. The van der Waals surface area contributed by atoms with Gasteiger partial charge in [-0.25, -0.2) is 8.42 Å². The summed E-state index contributed by atoms with van der Waals surface area (Å²) in [7, 11) is -3.66. The summed E-state index contributed by atoms with van der Waals surface area (Å²) in [5.74, 6) is -1.76. The number of aromatic hydroxyl groups is 1. The minimum atomic E-state index is -3.66. The number of phenolic OH excluding ortho intramolecular Hbond substituents is 1. The van der Waals surface area contributed by atoms with Crippen LogP contribution < -0.4 is 4.74 Å². The van der Waals surface area contributed by atoms with Gasteiger partial charge in [-0.05, 0) is 64.8 Å². The van der Waals surface area contributed by atoms with Gasteiger partial charge >= 0.3 is 11.9 Å². The average molecular weight is 591 g/mol. The molecule has 0 amide bonds. The molecular formula is C30H38O10S. The fourth-order valence-corrected chi connectivity index (χ4v) is 5.01. The van der Waals surface area contributed by atoms with E-state index >= 15 is 0 Å². The molecule has 0 aromatic heterocycles. The topological polar surface area (TPSA) is 150 Å². The quantitative estimate of drug-likeness (QED) is 0.132. The lowest BCUT2D eigenvalue weighted by atomic mass is 9.98. The summed E-state index contributed by atoms with van der Waals surface area (Å²) in [5, 5.41) is 10.4. The number of hydrogen-bond donors (Lipinski definition) is 1. The van der Waals surface area contributed by atoms with Crippen molar-refractivity contribution in [2.45, 2.75) is 71.6 Å². The fraction of sp³-hybridized carbons (Fsp3) is 0.467. The normalized spacial score (nSPS) is 11.5. The maximum Gasteiger partial charge on any atom is 0.314 e. The van der Waals surface area contributed by atoms with Crippen molar-refractivity contribution in [3.8, 4) is 11.5 Å². The van der Waals surface area contributed by atoms with E-state index in [0.717, 1.165) is 6.42 Å². The molecule has 0 spiro atoms. The van der Waals surface area contributed by atoms with Crippen LogP contribution in [0.25, 0.3) is 0 Å². The minimum absolute atomic E-state index is 0.0456. The van der Waals surface area contributed by atoms with Gasteiger partial charge in [0, 0.05) is 17.5 Å². The number of phenols is 1. The Hall–Kier alpha value is -3.73. The first-order valence-electron chi connectivity index (χ1n) is 13.3. The van der Waals surface area contributed by atoms with Gasteiger partial charge in [0.15, 0.2) is 21.4 Å². The first-order chi connectivity index (χ1) is 19.2. The van der Waals surface area contributed by atoms with Crippen molar-refractivity contribution in [3.05, 3.63) is 53.1 Å². The Morgan fingerprint density at radius 3 is 2.17 bits per heavy atom. The lowest BCUT2D eigenvalue weighted by Crippen LogP contribution is -2.24. The monoisotopic (exact) mass is 590 g/mol. The van der Waals surface area contributed by atoms with Crippen molar-refractivity contribution in [2.24, 2.45) is 5.41 Å². The number of ether oxygens (including phenoxy) is 3. The second-order valence-corrected chi connectivity index (χ2v) is 12.6. The summed E-state index contributed by atoms with van der Waals surface area (Å²) >= 11 is 0. The van der Waals surface area contributed by atoms with Crippen LogP contribution in [0.4, 0.5) is 0 Å². The zero-order valence-corrected chi connectivity index (χ0v) is 25.0. The van der Waals surface area contributed by atoms with Gasteiger partial charge in [-0.2, -0.15) is 0 Å². The van der Waals surface area contributed by atoms with E-state index in [0.29, 0.717) is 17.7 Å². The Morgan fingerprint density at radius 2 is 1.59 bits per heavy atom. The number of ketones is 2. The fourth-order valence-electron chi connectivity index (χ4n) is 3.72. The highest BCUT2D eigenvalue weighted by atomic mass is 32.2. The Labute approximate surface area is 240 Å². The lowest BCUT2D eigenvalue weighted by molar-refractivity contribution is -0.173. The Balaban J connectivity index is 1.86. The molecule has 0 radical (unpaired) electrons. The van der Waals surface area contributed by atoms with E-state index in [1.165, 1.54) is 37.3 Å². The minimum Gasteiger partial charge on any atom is -0.507 e. The molecule has 0 fully saturated rings. The average Bonchev–Trinajstić information content (AvgIpc) is 2.90. The molecule has 10 nitrogen and oxygen atoms in total. The van der Waals surface area contributed by atoms with E-state index < -0.39 is 34.0 Å². The maximum atomic E-state index is 12.8. The molecule has 41 heavy (non-hydrogen) atoms. The molecule has 0 aliphatic rings. The van der Waals surface area contributed by atoms with E-state index in [4.69, 9.17) is 14.2 Å². The second kappa shape index (κ2) is 14.8. The van der Waals surface area contributed by atoms with Crippen LogP contribution in [0.15, 0.2) is 41.3 Å². The molecule has 2 rings (SSSR count). The van der Waals surface area contributed by atoms with E-state index in [-0.39, 0.29) is 65.0 Å². The van der Waals surface area contributed by atoms with Gasteiger partial charge < -0.3 is 19.3 Å². The standard InChI is InChI=1S/C30H38O10S/c1-6-8-24-26(15-13-23(20(2)31)28(24)34)38-17-7-18-41(36,37)22-11-9-21(10-12-22)25(32)14-16-27(33)39-19-40-29(35)30(3,4)5/h9-13,15,34H,6-8,14,16-19H2,1-5H3. The van der Waals surface area contributed by atoms with Gasteiger partial charge in [-0.1, -0.05) is 25.5 Å². The molecule has 224 valence electrons. The predicted molar refractivity (Wildman–Crippen MR) is 151 cm³/mol. The van der Waals surface area contributed by atoms with Crippen LogP contribution in [-0.4, -0.2) is 56.2 Å². The number of carbonyl (C=O) groups excluding carboxylic acids is 4. The number of Topliss-reactive ketones (excluding diaryl/α,β-unsaturated/α-hetero) is 2. The van der Waals surface area contributed by atoms with Crippen molar-refractivity contribution in [3.63, 3.8) is 0 Å². The van der Waals surface area contributed by atoms with Crippen molar-refractivity contribution in [2.75, 3.05) is 19.2 Å². The van der Waals surface area contributed by atoms with Crippen molar-refractivity contribution in [1.29, 1.82) is 0 Å². The summed E-state index contributed by atoms with van der Waals surface area (Å²) in [6.45, 7) is 7.83. The number of carbonyl (C=O) groups is 4. The first-order valence-corrected chi connectivity index (χ1v) is 15.0. The van der Waals surface area contributed by atoms with Gasteiger partial charge in [-0.15, -0.1) is 0 Å². The lowest BCUT2D eigenvalue weighted by Gasteiger charge is -2.16. The third kappa shape index (κ3) is 10.00. The molecular weight excluding hydrogens is 552 g/mol. The zero-order valence-electron chi connectivity index (χ0n) is 24.2. The Kier molecular flexibility index (Phi) is 12.1. The number of rotatable bonds is 15. The molecule has 0 aliphatic heterocycles. The summed E-state index contributed by atoms with van der Waals surface area (Å²) in [4.78, 5) is 47.7. The molecule has 0 unspecified atom stereocenters. The van der Waals surface area contributed by atoms with E-state index in [1.54, 1.807) is 26.8 Å². The second-order valence-electron chi connectivity index (χ2n) is 10.5. The molecule has 11 heteroatoms. The van der Waals surface area contributed by atoms with Gasteiger partial charge in [0.25, 0.3) is 0 Å². The Morgan fingerprint density at radius 1 is 0.927 bits per heavy atom. The number of benzene rings is 2. The van der Waals surface area contributed by atoms with Crippen LogP contribution in [0.1, 0.15) is 86.6 Å². The highest BCUT2D eigenvalue weighted by Crippen LogP contribution is 2.33. The highest BCUT2D eigenvalue weighted by molar-refractivity contribution is 7.91. The van der Waals surface area contributed by atoms with Crippen molar-refractivity contribution < 1.29 is 46.9 Å². The molecule has 2 aromatic rings. The van der Waals surface area contributed by atoms with E-state index in [1.807, 2.05) is 6.92 Å². The summed E-state index contributed by atoms with van der Waals surface area (Å²) < 4.78 is 41.0. The number of hydrogen-bond acceptors (Lipinski definition) is 10.